The number of anilines is 1. The highest BCUT2D eigenvalue weighted by Crippen LogP contribution is 2.19. The summed E-state index contributed by atoms with van der Waals surface area (Å²) in [5.74, 6) is -1.02. The van der Waals surface area contributed by atoms with E-state index in [0.717, 1.165) is 0 Å². The Kier molecular flexibility index (Phi) is 4.79. The molecule has 0 unspecified atom stereocenters. The first-order valence-electron chi connectivity index (χ1n) is 6.06. The maximum Gasteiger partial charge on any atom is 0.341 e. The van der Waals surface area contributed by atoms with E-state index < -0.39 is 12.6 Å². The van der Waals surface area contributed by atoms with E-state index in [1.165, 1.54) is 0 Å². The van der Waals surface area contributed by atoms with Crippen LogP contribution < -0.4 is 10.1 Å². The van der Waals surface area contributed by atoms with Crippen molar-refractivity contribution in [3.8, 4) is 5.75 Å². The van der Waals surface area contributed by atoms with Gasteiger partial charge in [-0.05, 0) is 30.3 Å². The summed E-state index contributed by atoms with van der Waals surface area (Å²) in [4.78, 5) is 22.5. The van der Waals surface area contributed by atoms with Crippen LogP contribution in [0.5, 0.6) is 5.75 Å². The Morgan fingerprint density at radius 2 is 1.90 bits per heavy atom. The molecule has 1 amide bonds. The van der Waals surface area contributed by atoms with Gasteiger partial charge in [0.15, 0.2) is 6.61 Å². The van der Waals surface area contributed by atoms with Crippen LogP contribution in [0.1, 0.15) is 10.4 Å². The summed E-state index contributed by atoms with van der Waals surface area (Å²) in [6.45, 7) is -0.439. The number of halogens is 1. The number of carboxylic acid groups (broad SMARTS) is 1. The lowest BCUT2D eigenvalue weighted by Crippen LogP contribution is -2.12. The number of carbonyl (C=O) groups excluding carboxylic acids is 1. The fraction of sp³-hybridized carbons (Fsp3) is 0.0667. The molecule has 0 fully saturated rings. The monoisotopic (exact) mass is 305 g/mol. The van der Waals surface area contributed by atoms with Gasteiger partial charge in [0.25, 0.3) is 5.91 Å². The van der Waals surface area contributed by atoms with Crippen molar-refractivity contribution in [2.24, 2.45) is 0 Å². The first-order valence-corrected chi connectivity index (χ1v) is 6.44. The van der Waals surface area contributed by atoms with Crippen LogP contribution in [0.15, 0.2) is 48.5 Å². The Hall–Kier alpha value is -2.53. The Bertz CT molecular complexity index is 672. The molecular weight excluding hydrogens is 294 g/mol. The van der Waals surface area contributed by atoms with Crippen molar-refractivity contribution in [2.45, 2.75) is 0 Å². The number of rotatable bonds is 5. The minimum absolute atomic E-state index is 0.312. The van der Waals surface area contributed by atoms with Gasteiger partial charge in [-0.1, -0.05) is 23.7 Å². The van der Waals surface area contributed by atoms with Crippen molar-refractivity contribution >= 4 is 29.2 Å². The first kappa shape index (κ1) is 14.9. The van der Waals surface area contributed by atoms with Crippen molar-refractivity contribution in [3.63, 3.8) is 0 Å². The van der Waals surface area contributed by atoms with Gasteiger partial charge in [-0.2, -0.15) is 0 Å². The van der Waals surface area contributed by atoms with E-state index in [4.69, 9.17) is 21.4 Å². The summed E-state index contributed by atoms with van der Waals surface area (Å²) in [5, 5.41) is 11.7. The van der Waals surface area contributed by atoms with Crippen LogP contribution in [0.25, 0.3) is 0 Å². The van der Waals surface area contributed by atoms with E-state index in [-0.39, 0.29) is 5.91 Å². The zero-order valence-electron chi connectivity index (χ0n) is 10.9. The number of aliphatic carboxylic acids is 1. The third-order valence-electron chi connectivity index (χ3n) is 2.54. The van der Waals surface area contributed by atoms with Gasteiger partial charge >= 0.3 is 5.97 Å². The Morgan fingerprint density at radius 3 is 2.62 bits per heavy atom. The molecular formula is C15H12ClNO4. The normalized spacial score (nSPS) is 9.95. The van der Waals surface area contributed by atoms with E-state index >= 15 is 0 Å². The summed E-state index contributed by atoms with van der Waals surface area (Å²) in [5.41, 5.74) is 0.933. The number of hydrogen-bond acceptors (Lipinski definition) is 3. The highest BCUT2D eigenvalue weighted by molar-refractivity contribution is 6.31. The molecule has 108 valence electrons. The van der Waals surface area contributed by atoms with Gasteiger partial charge in [-0.25, -0.2) is 4.79 Å². The molecule has 21 heavy (non-hydrogen) atoms. The lowest BCUT2D eigenvalue weighted by Gasteiger charge is -2.08. The third-order valence-corrected chi connectivity index (χ3v) is 2.78. The van der Waals surface area contributed by atoms with Crippen molar-refractivity contribution in [2.75, 3.05) is 11.9 Å². The van der Waals surface area contributed by atoms with Crippen LogP contribution >= 0.6 is 11.6 Å². The lowest BCUT2D eigenvalue weighted by atomic mass is 10.2. The highest BCUT2D eigenvalue weighted by atomic mass is 35.5. The van der Waals surface area contributed by atoms with Gasteiger partial charge in [-0.3, -0.25) is 4.79 Å². The van der Waals surface area contributed by atoms with Crippen LogP contribution in [0.2, 0.25) is 5.02 Å². The second-order valence-electron chi connectivity index (χ2n) is 4.17. The van der Waals surface area contributed by atoms with Crippen LogP contribution in [0, 0.1) is 0 Å². The van der Waals surface area contributed by atoms with E-state index in [1.807, 2.05) is 0 Å². The molecule has 0 atom stereocenters. The molecule has 5 nitrogen and oxygen atoms in total. The zero-order valence-corrected chi connectivity index (χ0v) is 11.6. The number of carbonyl (C=O) groups is 2. The van der Waals surface area contributed by atoms with Crippen LogP contribution in [0.4, 0.5) is 5.69 Å². The molecule has 2 aromatic carbocycles. The maximum atomic E-state index is 12.0. The Balaban J connectivity index is 2.07. The molecule has 2 N–H and O–H groups in total. The first-order chi connectivity index (χ1) is 10.0. The minimum atomic E-state index is -1.07. The number of benzene rings is 2. The van der Waals surface area contributed by atoms with E-state index in [9.17, 15) is 9.59 Å². The summed E-state index contributed by atoms with van der Waals surface area (Å²) < 4.78 is 5.04. The fourth-order valence-electron chi connectivity index (χ4n) is 1.64. The number of hydrogen-bond donors (Lipinski definition) is 2. The number of amides is 1. The van der Waals surface area contributed by atoms with E-state index in [2.05, 4.69) is 5.32 Å². The van der Waals surface area contributed by atoms with Gasteiger partial charge in [0.2, 0.25) is 0 Å². The molecule has 0 aromatic heterocycles. The Morgan fingerprint density at radius 1 is 1.14 bits per heavy atom. The number of nitrogens with one attached hydrogen (secondary N) is 1. The minimum Gasteiger partial charge on any atom is -0.482 e. The molecule has 6 heteroatoms. The Labute approximate surface area is 126 Å². The molecule has 0 radical (unpaired) electrons. The second kappa shape index (κ2) is 6.76. The molecule has 0 bridgehead atoms. The quantitative estimate of drug-likeness (QED) is 0.890. The summed E-state index contributed by atoms with van der Waals surface area (Å²) in [6.07, 6.45) is 0. The predicted molar refractivity (Wildman–Crippen MR) is 79.0 cm³/mol. The van der Waals surface area contributed by atoms with E-state index in [1.54, 1.807) is 48.5 Å². The van der Waals surface area contributed by atoms with Gasteiger partial charge in [-0.15, -0.1) is 0 Å². The molecule has 0 saturated carbocycles. The average molecular weight is 306 g/mol. The molecule has 0 aliphatic heterocycles. The predicted octanol–water partition coefficient (Wildman–Crippen LogP) is 3.06. The van der Waals surface area contributed by atoms with Gasteiger partial charge < -0.3 is 15.2 Å². The summed E-state index contributed by atoms with van der Waals surface area (Å²) in [7, 11) is 0. The smallest absolute Gasteiger partial charge is 0.341 e. The lowest BCUT2D eigenvalue weighted by molar-refractivity contribution is -0.139. The third kappa shape index (κ3) is 4.50. The van der Waals surface area contributed by atoms with Gasteiger partial charge in [0.1, 0.15) is 5.75 Å². The van der Waals surface area contributed by atoms with Crippen molar-refractivity contribution in [1.29, 1.82) is 0 Å². The van der Waals surface area contributed by atoms with Crippen LogP contribution in [-0.2, 0) is 4.79 Å². The maximum absolute atomic E-state index is 12.0. The van der Waals surface area contributed by atoms with Crippen molar-refractivity contribution in [3.05, 3.63) is 59.1 Å². The van der Waals surface area contributed by atoms with Gasteiger partial charge in [0.05, 0.1) is 0 Å². The van der Waals surface area contributed by atoms with Crippen molar-refractivity contribution in [1.82, 2.24) is 0 Å². The van der Waals surface area contributed by atoms with Crippen LogP contribution in [-0.4, -0.2) is 23.6 Å². The average Bonchev–Trinajstić information content (AvgIpc) is 2.45. The highest BCUT2D eigenvalue weighted by Gasteiger charge is 2.07. The molecule has 0 aliphatic carbocycles. The molecule has 0 spiro atoms. The number of carboxylic acids is 1. The molecule has 0 heterocycles. The second-order valence-corrected chi connectivity index (χ2v) is 4.61. The summed E-state index contributed by atoms with van der Waals surface area (Å²) in [6, 6.07) is 13.1. The fourth-order valence-corrected chi connectivity index (χ4v) is 1.83. The molecule has 2 aromatic rings. The number of ether oxygens (including phenoxy) is 1. The molecule has 2 rings (SSSR count). The van der Waals surface area contributed by atoms with Crippen molar-refractivity contribution < 1.29 is 19.4 Å². The summed E-state index contributed by atoms with van der Waals surface area (Å²) >= 11 is 5.83. The SMILES string of the molecule is O=C(O)COc1cccc(NC(=O)c2cccc(Cl)c2)c1. The standard InChI is InChI=1S/C15H12ClNO4/c16-11-4-1-3-10(7-11)15(20)17-12-5-2-6-13(8-12)21-9-14(18)19/h1-8H,9H2,(H,17,20)(H,18,19). The molecule has 0 saturated heterocycles. The largest absolute Gasteiger partial charge is 0.482 e. The zero-order chi connectivity index (χ0) is 15.2. The van der Waals surface area contributed by atoms with Crippen LogP contribution in [0.3, 0.4) is 0 Å². The van der Waals surface area contributed by atoms with E-state index in [0.29, 0.717) is 22.0 Å². The topological polar surface area (TPSA) is 75.6 Å². The molecule has 0 aliphatic rings. The van der Waals surface area contributed by atoms with Gasteiger partial charge in [0, 0.05) is 22.3 Å².